The summed E-state index contributed by atoms with van der Waals surface area (Å²) in [6.07, 6.45) is -3.77. The Hall–Kier alpha value is -2.58. The largest absolute Gasteiger partial charge is 0.416 e. The van der Waals surface area contributed by atoms with E-state index >= 15 is 0 Å². The van der Waals surface area contributed by atoms with Crippen molar-refractivity contribution in [2.45, 2.75) is 31.2 Å². The fourth-order valence-corrected chi connectivity index (χ4v) is 2.91. The van der Waals surface area contributed by atoms with Gasteiger partial charge in [0.15, 0.2) is 0 Å². The molecule has 2 atom stereocenters. The van der Waals surface area contributed by atoms with E-state index in [4.69, 9.17) is 11.6 Å². The van der Waals surface area contributed by atoms with Crippen LogP contribution in [0.15, 0.2) is 48.5 Å². The van der Waals surface area contributed by atoms with E-state index in [-0.39, 0.29) is 24.2 Å². The summed E-state index contributed by atoms with van der Waals surface area (Å²) in [5, 5.41) is 9.08. The highest BCUT2D eigenvalue weighted by molar-refractivity contribution is 6.30. The second kappa shape index (κ2) is 8.84. The first-order chi connectivity index (χ1) is 13.7. The van der Waals surface area contributed by atoms with E-state index in [0.29, 0.717) is 11.6 Å². The first-order valence-corrected chi connectivity index (χ1v) is 9.33. The highest BCUT2D eigenvalue weighted by Gasteiger charge is 2.37. The maximum atomic E-state index is 12.7. The van der Waals surface area contributed by atoms with E-state index < -0.39 is 23.6 Å². The predicted octanol–water partition coefficient (Wildman–Crippen LogP) is 3.14. The van der Waals surface area contributed by atoms with Gasteiger partial charge in [-0.1, -0.05) is 29.8 Å². The van der Waals surface area contributed by atoms with Gasteiger partial charge in [-0.15, -0.1) is 0 Å². The zero-order chi connectivity index (χ0) is 21.0. The van der Waals surface area contributed by atoms with Crippen LogP contribution in [0, 0.1) is 0 Å². The fraction of sp³-hybridized carbons (Fsp3) is 0.300. The number of hydrogen-bond acceptors (Lipinski definition) is 3. The molecule has 29 heavy (non-hydrogen) atoms. The van der Waals surface area contributed by atoms with Crippen molar-refractivity contribution in [3.8, 4) is 0 Å². The first-order valence-electron chi connectivity index (χ1n) is 8.95. The molecule has 5 nitrogen and oxygen atoms in total. The lowest BCUT2D eigenvalue weighted by Crippen LogP contribution is -2.39. The van der Waals surface area contributed by atoms with Crippen LogP contribution >= 0.6 is 11.6 Å². The number of nitrogens with one attached hydrogen (secondary N) is 3. The van der Waals surface area contributed by atoms with Gasteiger partial charge in [-0.2, -0.15) is 13.2 Å². The maximum Gasteiger partial charge on any atom is 0.416 e. The summed E-state index contributed by atoms with van der Waals surface area (Å²) in [7, 11) is 0. The predicted molar refractivity (Wildman–Crippen MR) is 102 cm³/mol. The van der Waals surface area contributed by atoms with Crippen LogP contribution in [0.2, 0.25) is 5.02 Å². The standard InChI is InChI=1S/C20H19ClF3N3O2/c21-15-6-4-12(5-7-15)10-25-16-9-17(16)27-18(28)11-26-19(29)13-2-1-3-14(8-13)20(22,23)24/h1-8,16-17,25H,9-11H2,(H,26,29)(H,27,28). The third-order valence-corrected chi connectivity index (χ3v) is 4.73. The molecule has 3 rings (SSSR count). The van der Waals surface area contributed by atoms with Crippen LogP contribution < -0.4 is 16.0 Å². The minimum Gasteiger partial charge on any atom is -0.350 e. The van der Waals surface area contributed by atoms with Gasteiger partial charge in [-0.25, -0.2) is 0 Å². The fourth-order valence-electron chi connectivity index (χ4n) is 2.79. The second-order valence-electron chi connectivity index (χ2n) is 6.78. The van der Waals surface area contributed by atoms with Crippen molar-refractivity contribution in [3.63, 3.8) is 0 Å². The first kappa shape index (κ1) is 21.1. The summed E-state index contributed by atoms with van der Waals surface area (Å²) in [6.45, 7) is 0.329. The molecule has 9 heteroatoms. The van der Waals surface area contributed by atoms with Crippen molar-refractivity contribution in [2.75, 3.05) is 6.54 Å². The number of alkyl halides is 3. The highest BCUT2D eigenvalue weighted by atomic mass is 35.5. The number of hydrogen-bond donors (Lipinski definition) is 3. The highest BCUT2D eigenvalue weighted by Crippen LogP contribution is 2.29. The summed E-state index contributed by atoms with van der Waals surface area (Å²) in [4.78, 5) is 24.0. The van der Waals surface area contributed by atoms with Crippen molar-refractivity contribution < 1.29 is 22.8 Å². The monoisotopic (exact) mass is 425 g/mol. The van der Waals surface area contributed by atoms with Gasteiger partial charge < -0.3 is 16.0 Å². The number of halogens is 4. The lowest BCUT2D eigenvalue weighted by molar-refractivity contribution is -0.137. The molecule has 1 saturated carbocycles. The molecule has 2 aromatic rings. The smallest absolute Gasteiger partial charge is 0.350 e. The SMILES string of the molecule is O=C(CNC(=O)c1cccc(C(F)(F)F)c1)NC1CC1NCc1ccc(Cl)cc1. The zero-order valence-electron chi connectivity index (χ0n) is 15.2. The molecule has 0 radical (unpaired) electrons. The van der Waals surface area contributed by atoms with E-state index in [1.165, 1.54) is 6.07 Å². The van der Waals surface area contributed by atoms with Crippen molar-refractivity contribution >= 4 is 23.4 Å². The number of amides is 2. The molecule has 1 fully saturated rings. The molecule has 2 amide bonds. The summed E-state index contributed by atoms with van der Waals surface area (Å²) in [5.74, 6) is -1.13. The van der Waals surface area contributed by atoms with E-state index in [0.717, 1.165) is 30.2 Å². The molecule has 0 spiro atoms. The Morgan fingerprint density at radius 3 is 2.48 bits per heavy atom. The Labute approximate surface area is 170 Å². The van der Waals surface area contributed by atoms with Gasteiger partial charge in [0.25, 0.3) is 5.91 Å². The minimum atomic E-state index is -4.53. The Morgan fingerprint density at radius 2 is 1.79 bits per heavy atom. The van der Waals surface area contributed by atoms with E-state index in [1.54, 1.807) is 12.1 Å². The Morgan fingerprint density at radius 1 is 1.07 bits per heavy atom. The van der Waals surface area contributed by atoms with Gasteiger partial charge in [0.1, 0.15) is 0 Å². The van der Waals surface area contributed by atoms with Gasteiger partial charge >= 0.3 is 6.18 Å². The van der Waals surface area contributed by atoms with E-state index in [9.17, 15) is 22.8 Å². The summed E-state index contributed by atoms with van der Waals surface area (Å²) in [6, 6.07) is 11.6. The molecule has 2 unspecified atom stereocenters. The van der Waals surface area contributed by atoms with E-state index in [2.05, 4.69) is 16.0 Å². The molecule has 1 aliphatic carbocycles. The van der Waals surface area contributed by atoms with Gasteiger partial charge in [-0.3, -0.25) is 9.59 Å². The zero-order valence-corrected chi connectivity index (χ0v) is 16.0. The number of carbonyl (C=O) groups excluding carboxylic acids is 2. The number of carbonyl (C=O) groups is 2. The van der Waals surface area contributed by atoms with Crippen molar-refractivity contribution in [1.29, 1.82) is 0 Å². The molecule has 154 valence electrons. The van der Waals surface area contributed by atoms with Crippen LogP contribution in [0.4, 0.5) is 13.2 Å². The van der Waals surface area contributed by atoms with Crippen LogP contribution in [-0.2, 0) is 17.5 Å². The minimum absolute atomic E-state index is 0.0414. The Bertz CT molecular complexity index is 887. The molecule has 0 heterocycles. The van der Waals surface area contributed by atoms with E-state index in [1.807, 2.05) is 12.1 Å². The van der Waals surface area contributed by atoms with Gasteiger partial charge in [0.2, 0.25) is 5.91 Å². The number of rotatable bonds is 7. The molecule has 0 saturated heterocycles. The van der Waals surface area contributed by atoms with Crippen molar-refractivity contribution in [1.82, 2.24) is 16.0 Å². The van der Waals surface area contributed by atoms with Crippen molar-refractivity contribution in [3.05, 3.63) is 70.2 Å². The summed E-state index contributed by atoms with van der Waals surface area (Å²) >= 11 is 5.84. The third-order valence-electron chi connectivity index (χ3n) is 4.48. The van der Waals surface area contributed by atoms with Crippen LogP contribution in [0.3, 0.4) is 0 Å². The third kappa shape index (κ3) is 6.20. The van der Waals surface area contributed by atoms with Gasteiger partial charge in [-0.05, 0) is 42.3 Å². The average Bonchev–Trinajstić information content (AvgIpc) is 3.42. The van der Waals surface area contributed by atoms with Crippen LogP contribution in [-0.4, -0.2) is 30.4 Å². The summed E-state index contributed by atoms with van der Waals surface area (Å²) < 4.78 is 38.1. The lowest BCUT2D eigenvalue weighted by atomic mass is 10.1. The summed E-state index contributed by atoms with van der Waals surface area (Å²) in [5.41, 5.74) is 0.00321. The topological polar surface area (TPSA) is 70.2 Å². The van der Waals surface area contributed by atoms with Crippen LogP contribution in [0.5, 0.6) is 0 Å². The van der Waals surface area contributed by atoms with Crippen LogP contribution in [0.25, 0.3) is 0 Å². The van der Waals surface area contributed by atoms with Crippen molar-refractivity contribution in [2.24, 2.45) is 0 Å². The Balaban J connectivity index is 1.39. The van der Waals surface area contributed by atoms with Gasteiger partial charge in [0, 0.05) is 29.2 Å². The second-order valence-corrected chi connectivity index (χ2v) is 7.22. The molecular weight excluding hydrogens is 407 g/mol. The Kier molecular flexibility index (Phi) is 6.44. The normalized spacial score (nSPS) is 18.2. The quantitative estimate of drug-likeness (QED) is 0.638. The maximum absolute atomic E-state index is 12.7. The lowest BCUT2D eigenvalue weighted by Gasteiger charge is -2.10. The van der Waals surface area contributed by atoms with Gasteiger partial charge in [0.05, 0.1) is 12.1 Å². The number of benzene rings is 2. The molecule has 0 aliphatic heterocycles. The molecule has 1 aliphatic rings. The average molecular weight is 426 g/mol. The van der Waals surface area contributed by atoms with Crippen LogP contribution in [0.1, 0.15) is 27.9 Å². The molecule has 0 aromatic heterocycles. The molecule has 3 N–H and O–H groups in total. The molecule has 0 bridgehead atoms. The molecule has 2 aromatic carbocycles. The molecular formula is C20H19ClF3N3O2.